The van der Waals surface area contributed by atoms with Gasteiger partial charge in [0.15, 0.2) is 0 Å². The highest BCUT2D eigenvalue weighted by Gasteiger charge is 2.32. The number of benzene rings is 1. The van der Waals surface area contributed by atoms with Crippen LogP contribution in [0.3, 0.4) is 0 Å². The first-order chi connectivity index (χ1) is 8.76. The summed E-state index contributed by atoms with van der Waals surface area (Å²) in [6, 6.07) is 8.23. The fraction of sp³-hybridized carbons (Fsp3) is 0.500. The third kappa shape index (κ3) is 3.01. The molecule has 1 fully saturated rings. The van der Waals surface area contributed by atoms with E-state index in [-0.39, 0.29) is 12.5 Å². The van der Waals surface area contributed by atoms with E-state index >= 15 is 0 Å². The van der Waals surface area contributed by atoms with E-state index in [1.807, 2.05) is 36.1 Å². The van der Waals surface area contributed by atoms with Crippen molar-refractivity contribution >= 4 is 5.91 Å². The van der Waals surface area contributed by atoms with E-state index in [0.717, 1.165) is 24.2 Å². The average molecular weight is 248 g/mol. The molecule has 0 atom stereocenters. The van der Waals surface area contributed by atoms with Crippen molar-refractivity contribution in [3.05, 3.63) is 29.8 Å². The second kappa shape index (κ2) is 5.87. The Morgan fingerprint density at radius 1 is 1.44 bits per heavy atom. The molecule has 2 rings (SSSR count). The smallest absolute Gasteiger partial charge is 0.236 e. The Labute approximate surface area is 108 Å². The number of carbonyl (C=O) groups excluding carboxylic acids is 1. The molecule has 4 heteroatoms. The van der Waals surface area contributed by atoms with Gasteiger partial charge in [-0.05, 0) is 25.8 Å². The lowest BCUT2D eigenvalue weighted by atomic mass is 10.2. The number of nitrogens with two attached hydrogens (primary N) is 1. The maximum Gasteiger partial charge on any atom is 0.236 e. The van der Waals surface area contributed by atoms with Crippen molar-refractivity contribution in [3.63, 3.8) is 0 Å². The van der Waals surface area contributed by atoms with Gasteiger partial charge in [0, 0.05) is 18.2 Å². The molecule has 0 saturated heterocycles. The molecule has 0 radical (unpaired) electrons. The van der Waals surface area contributed by atoms with E-state index in [9.17, 15) is 4.79 Å². The molecule has 2 N–H and O–H groups in total. The van der Waals surface area contributed by atoms with Crippen molar-refractivity contribution < 1.29 is 9.53 Å². The Morgan fingerprint density at radius 3 is 2.78 bits per heavy atom. The van der Waals surface area contributed by atoms with Crippen LogP contribution in [-0.2, 0) is 11.3 Å². The first kappa shape index (κ1) is 12.9. The molecule has 1 aromatic rings. The van der Waals surface area contributed by atoms with Crippen LogP contribution in [0, 0.1) is 0 Å². The molecule has 0 bridgehead atoms. The maximum absolute atomic E-state index is 11.8. The number of nitrogens with zero attached hydrogens (tertiary/aromatic N) is 1. The van der Waals surface area contributed by atoms with Crippen molar-refractivity contribution in [2.75, 3.05) is 13.2 Å². The third-order valence-corrected chi connectivity index (χ3v) is 3.10. The number of para-hydroxylation sites is 1. The van der Waals surface area contributed by atoms with Crippen LogP contribution >= 0.6 is 0 Å². The summed E-state index contributed by atoms with van der Waals surface area (Å²) in [6.07, 6.45) is 2.17. The zero-order chi connectivity index (χ0) is 13.0. The summed E-state index contributed by atoms with van der Waals surface area (Å²) in [4.78, 5) is 13.7. The Kier molecular flexibility index (Phi) is 4.20. The summed E-state index contributed by atoms with van der Waals surface area (Å²) in [7, 11) is 0. The largest absolute Gasteiger partial charge is 0.494 e. The van der Waals surface area contributed by atoms with Crippen molar-refractivity contribution in [2.24, 2.45) is 5.73 Å². The zero-order valence-electron chi connectivity index (χ0n) is 10.8. The van der Waals surface area contributed by atoms with Crippen LogP contribution < -0.4 is 10.5 Å². The lowest BCUT2D eigenvalue weighted by Crippen LogP contribution is -2.37. The van der Waals surface area contributed by atoms with Gasteiger partial charge in [0.2, 0.25) is 5.91 Å². The Morgan fingerprint density at radius 2 is 2.17 bits per heavy atom. The van der Waals surface area contributed by atoms with Gasteiger partial charge < -0.3 is 15.4 Å². The minimum atomic E-state index is 0.0174. The van der Waals surface area contributed by atoms with Crippen LogP contribution in [0.5, 0.6) is 5.75 Å². The second-order valence-electron chi connectivity index (χ2n) is 4.50. The van der Waals surface area contributed by atoms with Crippen LogP contribution in [0.1, 0.15) is 25.3 Å². The van der Waals surface area contributed by atoms with Crippen molar-refractivity contribution in [1.82, 2.24) is 4.90 Å². The van der Waals surface area contributed by atoms with E-state index in [2.05, 4.69) is 0 Å². The number of ether oxygens (including phenoxy) is 1. The van der Waals surface area contributed by atoms with Crippen LogP contribution in [0.4, 0.5) is 0 Å². The van der Waals surface area contributed by atoms with Crippen LogP contribution in [0.15, 0.2) is 24.3 Å². The molecule has 1 aliphatic rings. The normalized spacial score (nSPS) is 14.3. The van der Waals surface area contributed by atoms with Crippen molar-refractivity contribution in [3.8, 4) is 5.75 Å². The highest BCUT2D eigenvalue weighted by molar-refractivity contribution is 5.78. The second-order valence-corrected chi connectivity index (χ2v) is 4.50. The summed E-state index contributed by atoms with van der Waals surface area (Å²) < 4.78 is 5.58. The van der Waals surface area contributed by atoms with E-state index in [1.165, 1.54) is 0 Å². The quantitative estimate of drug-likeness (QED) is 0.830. The predicted molar refractivity (Wildman–Crippen MR) is 70.2 cm³/mol. The van der Waals surface area contributed by atoms with Gasteiger partial charge in [0.1, 0.15) is 5.75 Å². The van der Waals surface area contributed by atoms with Gasteiger partial charge in [-0.3, -0.25) is 4.79 Å². The average Bonchev–Trinajstić information content (AvgIpc) is 3.21. The minimum Gasteiger partial charge on any atom is -0.494 e. The monoisotopic (exact) mass is 248 g/mol. The van der Waals surface area contributed by atoms with E-state index in [1.54, 1.807) is 0 Å². The van der Waals surface area contributed by atoms with E-state index in [4.69, 9.17) is 10.5 Å². The lowest BCUT2D eigenvalue weighted by molar-refractivity contribution is -0.130. The topological polar surface area (TPSA) is 55.6 Å². The molecule has 98 valence electrons. The van der Waals surface area contributed by atoms with Crippen LogP contribution in [0.2, 0.25) is 0 Å². The van der Waals surface area contributed by atoms with Crippen LogP contribution in [-0.4, -0.2) is 30.0 Å². The highest BCUT2D eigenvalue weighted by atomic mass is 16.5. The first-order valence-electron chi connectivity index (χ1n) is 6.46. The van der Waals surface area contributed by atoms with E-state index in [0.29, 0.717) is 19.2 Å². The molecular formula is C14H20N2O2. The van der Waals surface area contributed by atoms with Gasteiger partial charge in [-0.2, -0.15) is 0 Å². The number of hydrogen-bond donors (Lipinski definition) is 1. The molecule has 0 aliphatic heterocycles. The maximum atomic E-state index is 11.8. The summed E-state index contributed by atoms with van der Waals surface area (Å²) >= 11 is 0. The molecule has 1 saturated carbocycles. The molecular weight excluding hydrogens is 228 g/mol. The zero-order valence-corrected chi connectivity index (χ0v) is 10.8. The third-order valence-electron chi connectivity index (χ3n) is 3.10. The predicted octanol–water partition coefficient (Wildman–Crippen LogP) is 1.53. The molecule has 1 aromatic carbocycles. The standard InChI is InChI=1S/C14H20N2O2/c1-2-18-13-6-4-3-5-11(13)10-16(12-7-8-12)14(17)9-15/h3-6,12H,2,7-10,15H2,1H3. The fourth-order valence-corrected chi connectivity index (χ4v) is 2.04. The highest BCUT2D eigenvalue weighted by Crippen LogP contribution is 2.30. The van der Waals surface area contributed by atoms with Gasteiger partial charge in [0.25, 0.3) is 0 Å². The van der Waals surface area contributed by atoms with Gasteiger partial charge in [-0.1, -0.05) is 18.2 Å². The molecule has 18 heavy (non-hydrogen) atoms. The SMILES string of the molecule is CCOc1ccccc1CN(C(=O)CN)C1CC1. The van der Waals surface area contributed by atoms with Gasteiger partial charge in [-0.25, -0.2) is 0 Å². The molecule has 4 nitrogen and oxygen atoms in total. The van der Waals surface area contributed by atoms with Gasteiger partial charge in [-0.15, -0.1) is 0 Å². The van der Waals surface area contributed by atoms with Gasteiger partial charge >= 0.3 is 0 Å². The summed E-state index contributed by atoms with van der Waals surface area (Å²) in [6.45, 7) is 3.26. The summed E-state index contributed by atoms with van der Waals surface area (Å²) in [5.41, 5.74) is 6.52. The summed E-state index contributed by atoms with van der Waals surface area (Å²) in [5, 5.41) is 0. The lowest BCUT2D eigenvalue weighted by Gasteiger charge is -2.23. The van der Waals surface area contributed by atoms with Gasteiger partial charge in [0.05, 0.1) is 13.2 Å². The number of hydrogen-bond acceptors (Lipinski definition) is 3. The molecule has 0 unspecified atom stereocenters. The first-order valence-corrected chi connectivity index (χ1v) is 6.46. The van der Waals surface area contributed by atoms with Crippen molar-refractivity contribution in [1.29, 1.82) is 0 Å². The molecule has 0 aromatic heterocycles. The Bertz CT molecular complexity index is 416. The molecule has 0 heterocycles. The fourth-order valence-electron chi connectivity index (χ4n) is 2.04. The summed E-state index contributed by atoms with van der Waals surface area (Å²) in [5.74, 6) is 0.874. The van der Waals surface area contributed by atoms with E-state index < -0.39 is 0 Å². The molecule has 1 aliphatic carbocycles. The number of carbonyl (C=O) groups is 1. The number of amides is 1. The van der Waals surface area contributed by atoms with Crippen molar-refractivity contribution in [2.45, 2.75) is 32.4 Å². The molecule has 1 amide bonds. The Hall–Kier alpha value is -1.55. The molecule has 0 spiro atoms. The minimum absolute atomic E-state index is 0.0174. The number of rotatable bonds is 6. The van der Waals surface area contributed by atoms with Crippen LogP contribution in [0.25, 0.3) is 0 Å². The Balaban J connectivity index is 2.13.